The summed E-state index contributed by atoms with van der Waals surface area (Å²) in [5.74, 6) is -1.34. The summed E-state index contributed by atoms with van der Waals surface area (Å²) in [5, 5.41) is 5.27. The zero-order valence-electron chi connectivity index (χ0n) is 12.7. The summed E-state index contributed by atoms with van der Waals surface area (Å²) in [7, 11) is 0. The summed E-state index contributed by atoms with van der Waals surface area (Å²) >= 11 is 0. The van der Waals surface area contributed by atoms with Crippen LogP contribution in [-0.4, -0.2) is 11.8 Å². The van der Waals surface area contributed by atoms with E-state index in [2.05, 4.69) is 10.6 Å². The molecule has 118 valence electrons. The van der Waals surface area contributed by atoms with Crippen LogP contribution in [0.3, 0.4) is 0 Å². The molecule has 0 spiro atoms. The summed E-state index contributed by atoms with van der Waals surface area (Å²) in [5.41, 5.74) is 0.714. The average Bonchev–Trinajstić information content (AvgIpc) is 3.34. The van der Waals surface area contributed by atoms with E-state index < -0.39 is 17.1 Å². The predicted octanol–water partition coefficient (Wildman–Crippen LogP) is 3.49. The Morgan fingerprint density at radius 2 is 1.57 bits per heavy atom. The minimum atomic E-state index is -1.10. The molecule has 0 aliphatic heterocycles. The first-order valence-corrected chi connectivity index (χ1v) is 7.45. The number of aryl methyl sites for hydroxylation is 1. The standard InChI is InChI=1S/C18H17FN2O2/c1-12-6-8-13(9-7-12)20-16(22)18(10-11-18)17(23)21-15-5-3-2-4-14(15)19/h2-9H,10-11H2,1H3,(H,20,22)(H,21,23). The highest BCUT2D eigenvalue weighted by Gasteiger charge is 2.56. The van der Waals surface area contributed by atoms with Crippen molar-refractivity contribution in [3.63, 3.8) is 0 Å². The normalized spacial score (nSPS) is 14.9. The third-order valence-corrected chi connectivity index (χ3v) is 4.05. The zero-order chi connectivity index (χ0) is 16.4. The number of hydrogen-bond donors (Lipinski definition) is 2. The van der Waals surface area contributed by atoms with Crippen LogP contribution < -0.4 is 10.6 Å². The van der Waals surface area contributed by atoms with Crippen molar-refractivity contribution in [3.05, 3.63) is 59.9 Å². The molecule has 1 aliphatic carbocycles. The molecule has 2 amide bonds. The molecule has 4 nitrogen and oxygen atoms in total. The molecule has 3 rings (SSSR count). The molecule has 0 aromatic heterocycles. The quantitative estimate of drug-likeness (QED) is 0.849. The molecule has 0 unspecified atom stereocenters. The molecule has 1 aliphatic rings. The molecule has 2 N–H and O–H groups in total. The summed E-state index contributed by atoms with van der Waals surface area (Å²) < 4.78 is 13.6. The molecule has 2 aromatic rings. The Bertz CT molecular complexity index is 752. The molecule has 1 fully saturated rings. The lowest BCUT2D eigenvalue weighted by Gasteiger charge is -2.16. The van der Waals surface area contributed by atoms with Gasteiger partial charge in [0.05, 0.1) is 5.69 Å². The lowest BCUT2D eigenvalue weighted by atomic mass is 10.0. The van der Waals surface area contributed by atoms with E-state index in [1.165, 1.54) is 12.1 Å². The highest BCUT2D eigenvalue weighted by Crippen LogP contribution is 2.47. The van der Waals surface area contributed by atoms with Crippen molar-refractivity contribution >= 4 is 23.2 Å². The van der Waals surface area contributed by atoms with Crippen LogP contribution in [0.25, 0.3) is 0 Å². The van der Waals surface area contributed by atoms with Gasteiger partial charge in [0.1, 0.15) is 11.2 Å². The number of carbonyl (C=O) groups excluding carboxylic acids is 2. The Balaban J connectivity index is 1.71. The largest absolute Gasteiger partial charge is 0.325 e. The number of hydrogen-bond acceptors (Lipinski definition) is 2. The van der Waals surface area contributed by atoms with E-state index in [1.807, 2.05) is 19.1 Å². The molecule has 5 heteroatoms. The van der Waals surface area contributed by atoms with E-state index in [9.17, 15) is 14.0 Å². The van der Waals surface area contributed by atoms with Gasteiger partial charge in [-0.05, 0) is 44.0 Å². The third-order valence-electron chi connectivity index (χ3n) is 4.05. The van der Waals surface area contributed by atoms with Gasteiger partial charge >= 0.3 is 0 Å². The van der Waals surface area contributed by atoms with E-state index in [0.717, 1.165) is 5.56 Å². The zero-order valence-corrected chi connectivity index (χ0v) is 12.7. The summed E-state index contributed by atoms with van der Waals surface area (Å²) in [6.45, 7) is 1.95. The molecule has 0 radical (unpaired) electrons. The van der Waals surface area contributed by atoms with Gasteiger partial charge in [0.2, 0.25) is 11.8 Å². The van der Waals surface area contributed by atoms with Gasteiger partial charge in [0, 0.05) is 5.69 Å². The second-order valence-electron chi connectivity index (χ2n) is 5.84. The van der Waals surface area contributed by atoms with Gasteiger partial charge in [-0.2, -0.15) is 0 Å². The molecule has 0 atom stereocenters. The summed E-state index contributed by atoms with van der Waals surface area (Å²) in [6, 6.07) is 13.3. The Kier molecular flexibility index (Phi) is 3.86. The number of nitrogens with one attached hydrogen (secondary N) is 2. The van der Waals surface area contributed by atoms with Crippen molar-refractivity contribution in [2.24, 2.45) is 5.41 Å². The van der Waals surface area contributed by atoms with Gasteiger partial charge in [-0.15, -0.1) is 0 Å². The lowest BCUT2D eigenvalue weighted by Crippen LogP contribution is -2.35. The summed E-state index contributed by atoms with van der Waals surface area (Å²) in [6.07, 6.45) is 0.927. The number of halogens is 1. The second kappa shape index (κ2) is 5.83. The Morgan fingerprint density at radius 1 is 0.957 bits per heavy atom. The van der Waals surface area contributed by atoms with Crippen molar-refractivity contribution in [3.8, 4) is 0 Å². The number of rotatable bonds is 4. The van der Waals surface area contributed by atoms with E-state index in [0.29, 0.717) is 18.5 Å². The second-order valence-corrected chi connectivity index (χ2v) is 5.84. The fourth-order valence-electron chi connectivity index (χ4n) is 2.37. The maximum Gasteiger partial charge on any atom is 0.240 e. The van der Waals surface area contributed by atoms with Crippen LogP contribution in [0.2, 0.25) is 0 Å². The Hall–Kier alpha value is -2.69. The Morgan fingerprint density at radius 3 is 2.17 bits per heavy atom. The fraction of sp³-hybridized carbons (Fsp3) is 0.222. The first-order valence-electron chi connectivity index (χ1n) is 7.45. The van der Waals surface area contributed by atoms with Gasteiger partial charge in [0.25, 0.3) is 0 Å². The minimum absolute atomic E-state index is 0.0897. The highest BCUT2D eigenvalue weighted by molar-refractivity contribution is 6.16. The van der Waals surface area contributed by atoms with Crippen LogP contribution >= 0.6 is 0 Å². The van der Waals surface area contributed by atoms with Gasteiger partial charge in [-0.25, -0.2) is 4.39 Å². The lowest BCUT2D eigenvalue weighted by molar-refractivity contribution is -0.131. The maximum atomic E-state index is 13.6. The number of para-hydroxylation sites is 1. The number of benzene rings is 2. The van der Waals surface area contributed by atoms with Crippen LogP contribution in [0.15, 0.2) is 48.5 Å². The van der Waals surface area contributed by atoms with Gasteiger partial charge in [-0.3, -0.25) is 9.59 Å². The first-order chi connectivity index (χ1) is 11.0. The minimum Gasteiger partial charge on any atom is -0.325 e. The topological polar surface area (TPSA) is 58.2 Å². The van der Waals surface area contributed by atoms with E-state index in [1.54, 1.807) is 24.3 Å². The number of carbonyl (C=O) groups is 2. The SMILES string of the molecule is Cc1ccc(NC(=O)C2(C(=O)Nc3ccccc3F)CC2)cc1. The van der Waals surface area contributed by atoms with Crippen LogP contribution in [0.1, 0.15) is 18.4 Å². The first kappa shape index (κ1) is 15.2. The van der Waals surface area contributed by atoms with Crippen LogP contribution in [-0.2, 0) is 9.59 Å². The number of anilines is 2. The van der Waals surface area contributed by atoms with Crippen LogP contribution in [0.5, 0.6) is 0 Å². The maximum absolute atomic E-state index is 13.6. The Labute approximate surface area is 133 Å². The van der Waals surface area contributed by atoms with Crippen LogP contribution in [0, 0.1) is 18.2 Å². The molecule has 2 aromatic carbocycles. The van der Waals surface area contributed by atoms with Crippen molar-refractivity contribution in [2.45, 2.75) is 19.8 Å². The molecule has 0 heterocycles. The van der Waals surface area contributed by atoms with E-state index in [4.69, 9.17) is 0 Å². The van der Waals surface area contributed by atoms with E-state index >= 15 is 0 Å². The van der Waals surface area contributed by atoms with Crippen molar-refractivity contribution in [1.29, 1.82) is 0 Å². The number of amides is 2. The van der Waals surface area contributed by atoms with Gasteiger partial charge in [0.15, 0.2) is 0 Å². The fourth-order valence-corrected chi connectivity index (χ4v) is 2.37. The third kappa shape index (κ3) is 3.08. The van der Waals surface area contributed by atoms with Crippen molar-refractivity contribution < 1.29 is 14.0 Å². The molecule has 0 saturated heterocycles. The van der Waals surface area contributed by atoms with Crippen LogP contribution in [0.4, 0.5) is 15.8 Å². The highest BCUT2D eigenvalue weighted by atomic mass is 19.1. The predicted molar refractivity (Wildman–Crippen MR) is 86.5 cm³/mol. The average molecular weight is 312 g/mol. The molecule has 1 saturated carbocycles. The van der Waals surface area contributed by atoms with Crippen molar-refractivity contribution in [1.82, 2.24) is 0 Å². The molecular weight excluding hydrogens is 295 g/mol. The van der Waals surface area contributed by atoms with E-state index in [-0.39, 0.29) is 11.6 Å². The molecular formula is C18H17FN2O2. The summed E-state index contributed by atoms with van der Waals surface area (Å²) in [4.78, 5) is 24.8. The van der Waals surface area contributed by atoms with Gasteiger partial charge in [-0.1, -0.05) is 29.8 Å². The smallest absolute Gasteiger partial charge is 0.240 e. The monoisotopic (exact) mass is 312 g/mol. The molecule has 0 bridgehead atoms. The molecule has 23 heavy (non-hydrogen) atoms. The van der Waals surface area contributed by atoms with Crippen molar-refractivity contribution in [2.75, 3.05) is 10.6 Å². The van der Waals surface area contributed by atoms with Gasteiger partial charge < -0.3 is 10.6 Å².